The number of amides is 1. The number of benzene rings is 2. The van der Waals surface area contributed by atoms with E-state index in [1.165, 1.54) is 11.3 Å². The van der Waals surface area contributed by atoms with Crippen molar-refractivity contribution in [3.05, 3.63) is 71.6 Å². The molecule has 2 aromatic heterocycles. The van der Waals surface area contributed by atoms with Gasteiger partial charge in [-0.25, -0.2) is 4.98 Å². The zero-order valence-corrected chi connectivity index (χ0v) is 16.9. The molecule has 0 saturated carbocycles. The number of imidazole rings is 1. The predicted octanol–water partition coefficient (Wildman–Crippen LogP) is 5.84. The molecule has 0 unspecified atom stereocenters. The predicted molar refractivity (Wildman–Crippen MR) is 117 cm³/mol. The van der Waals surface area contributed by atoms with Gasteiger partial charge in [-0.15, -0.1) is 11.3 Å². The first-order chi connectivity index (χ1) is 13.7. The van der Waals surface area contributed by atoms with Crippen molar-refractivity contribution in [3.63, 3.8) is 0 Å². The maximum Gasteiger partial charge on any atom is 0.268 e. The monoisotopic (exact) mass is 389 g/mol. The first-order valence-electron chi connectivity index (χ1n) is 9.65. The summed E-state index contributed by atoms with van der Waals surface area (Å²) >= 11 is 1.51. The molecule has 0 aliphatic carbocycles. The number of anilines is 1. The molecule has 4 rings (SSSR count). The Bertz CT molecular complexity index is 1100. The number of fused-ring (bicyclic) bond motifs is 1. The van der Waals surface area contributed by atoms with Gasteiger partial charge >= 0.3 is 0 Å². The summed E-state index contributed by atoms with van der Waals surface area (Å²) in [6, 6.07) is 22.0. The zero-order valence-electron chi connectivity index (χ0n) is 16.1. The van der Waals surface area contributed by atoms with Gasteiger partial charge in [-0.05, 0) is 49.7 Å². The number of nitrogens with zero attached hydrogens (tertiary/aromatic N) is 3. The van der Waals surface area contributed by atoms with Crippen molar-refractivity contribution in [1.29, 1.82) is 0 Å². The van der Waals surface area contributed by atoms with E-state index >= 15 is 0 Å². The van der Waals surface area contributed by atoms with Crippen LogP contribution in [-0.4, -0.2) is 22.0 Å². The van der Waals surface area contributed by atoms with Gasteiger partial charge in [0, 0.05) is 18.8 Å². The average molecular weight is 390 g/mol. The van der Waals surface area contributed by atoms with E-state index < -0.39 is 0 Å². The van der Waals surface area contributed by atoms with Gasteiger partial charge in [-0.3, -0.25) is 4.79 Å². The molecular formula is C23H23N3OS. The van der Waals surface area contributed by atoms with Gasteiger partial charge in [0.25, 0.3) is 5.91 Å². The fourth-order valence-electron chi connectivity index (χ4n) is 3.47. The number of rotatable bonds is 6. The minimum absolute atomic E-state index is 0.0307. The molecule has 28 heavy (non-hydrogen) atoms. The summed E-state index contributed by atoms with van der Waals surface area (Å²) in [5.41, 5.74) is 3.05. The largest absolute Gasteiger partial charge is 0.323 e. The zero-order chi connectivity index (χ0) is 19.5. The highest BCUT2D eigenvalue weighted by atomic mass is 32.1. The van der Waals surface area contributed by atoms with Crippen molar-refractivity contribution in [1.82, 2.24) is 9.55 Å². The van der Waals surface area contributed by atoms with E-state index in [2.05, 4.69) is 17.6 Å². The molecule has 4 nitrogen and oxygen atoms in total. The number of aromatic nitrogens is 2. The van der Waals surface area contributed by atoms with Crippen LogP contribution in [0.3, 0.4) is 0 Å². The molecule has 1 amide bonds. The van der Waals surface area contributed by atoms with Crippen LogP contribution in [0, 0.1) is 0 Å². The number of carbonyl (C=O) groups excluding carboxylic acids is 1. The van der Waals surface area contributed by atoms with Crippen molar-refractivity contribution in [2.45, 2.75) is 26.8 Å². The highest BCUT2D eigenvalue weighted by Gasteiger charge is 2.20. The number of hydrogen-bond donors (Lipinski definition) is 0. The molecular weight excluding hydrogens is 366 g/mol. The van der Waals surface area contributed by atoms with Crippen LogP contribution in [0.5, 0.6) is 0 Å². The van der Waals surface area contributed by atoms with Gasteiger partial charge in [-0.2, -0.15) is 0 Å². The van der Waals surface area contributed by atoms with Crippen LogP contribution in [0.1, 0.15) is 29.9 Å². The lowest BCUT2D eigenvalue weighted by Gasteiger charge is -2.20. The smallest absolute Gasteiger partial charge is 0.268 e. The SMILES string of the molecule is CCCn1c(-c2ccc(C(=O)N(CC)c3ccccc3)s2)nc2ccccc21. The summed E-state index contributed by atoms with van der Waals surface area (Å²) in [4.78, 5) is 21.5. The van der Waals surface area contributed by atoms with Crippen LogP contribution in [0.2, 0.25) is 0 Å². The second-order valence-corrected chi connectivity index (χ2v) is 7.71. The topological polar surface area (TPSA) is 38.1 Å². The fourth-order valence-corrected chi connectivity index (χ4v) is 4.42. The van der Waals surface area contributed by atoms with E-state index in [4.69, 9.17) is 4.98 Å². The van der Waals surface area contributed by atoms with E-state index in [-0.39, 0.29) is 5.91 Å². The van der Waals surface area contributed by atoms with E-state index in [9.17, 15) is 4.79 Å². The summed E-state index contributed by atoms with van der Waals surface area (Å²) in [6.07, 6.45) is 1.03. The van der Waals surface area contributed by atoms with Gasteiger partial charge in [0.05, 0.1) is 20.8 Å². The maximum atomic E-state index is 13.1. The second kappa shape index (κ2) is 7.98. The third-order valence-corrected chi connectivity index (χ3v) is 5.84. The second-order valence-electron chi connectivity index (χ2n) is 6.62. The molecule has 4 aromatic rings. The van der Waals surface area contributed by atoms with Gasteiger partial charge in [0.1, 0.15) is 0 Å². The number of para-hydroxylation sites is 3. The normalized spacial score (nSPS) is 11.1. The molecule has 142 valence electrons. The third kappa shape index (κ3) is 3.34. The quantitative estimate of drug-likeness (QED) is 0.415. The summed E-state index contributed by atoms with van der Waals surface area (Å²) in [5.74, 6) is 0.970. The van der Waals surface area contributed by atoms with Crippen LogP contribution in [0.4, 0.5) is 5.69 Å². The van der Waals surface area contributed by atoms with Crippen LogP contribution < -0.4 is 4.90 Å². The molecule has 0 aliphatic heterocycles. The summed E-state index contributed by atoms with van der Waals surface area (Å²) in [7, 11) is 0. The van der Waals surface area contributed by atoms with E-state index in [0.717, 1.165) is 45.3 Å². The van der Waals surface area contributed by atoms with Crippen LogP contribution in [-0.2, 0) is 6.54 Å². The maximum absolute atomic E-state index is 13.1. The Balaban J connectivity index is 1.71. The molecule has 0 bridgehead atoms. The lowest BCUT2D eigenvalue weighted by Crippen LogP contribution is -2.29. The molecule has 0 atom stereocenters. The molecule has 0 aliphatic rings. The molecule has 0 saturated heterocycles. The Labute approximate surface area is 169 Å². The van der Waals surface area contributed by atoms with Crippen LogP contribution in [0.15, 0.2) is 66.7 Å². The fraction of sp³-hybridized carbons (Fsp3) is 0.217. The number of thiophene rings is 1. The lowest BCUT2D eigenvalue weighted by molar-refractivity contribution is 0.0992. The highest BCUT2D eigenvalue weighted by Crippen LogP contribution is 2.32. The summed E-state index contributed by atoms with van der Waals surface area (Å²) in [6.45, 7) is 5.70. The van der Waals surface area contributed by atoms with Gasteiger partial charge in [0.2, 0.25) is 0 Å². The Morgan fingerprint density at radius 3 is 2.50 bits per heavy atom. The van der Waals surface area contributed by atoms with Gasteiger partial charge < -0.3 is 9.47 Å². The summed E-state index contributed by atoms with van der Waals surface area (Å²) < 4.78 is 2.25. The number of carbonyl (C=O) groups is 1. The Morgan fingerprint density at radius 1 is 1.00 bits per heavy atom. The van der Waals surface area contributed by atoms with Gasteiger partial charge in [-0.1, -0.05) is 37.3 Å². The number of aryl methyl sites for hydroxylation is 1. The Kier molecular flexibility index (Phi) is 5.26. The molecule has 2 heterocycles. The van der Waals surface area contributed by atoms with E-state index in [1.807, 2.05) is 72.5 Å². The molecule has 0 spiro atoms. The Hall–Kier alpha value is -2.92. The molecule has 2 aromatic carbocycles. The minimum Gasteiger partial charge on any atom is -0.323 e. The first-order valence-corrected chi connectivity index (χ1v) is 10.5. The molecule has 5 heteroatoms. The molecule has 0 radical (unpaired) electrons. The standard InChI is InChI=1S/C23H23N3OS/c1-3-16-26-19-13-9-8-12-18(19)24-22(26)20-14-15-21(28-20)23(27)25(4-2)17-10-6-5-7-11-17/h5-15H,3-4,16H2,1-2H3. The molecule has 0 fully saturated rings. The lowest BCUT2D eigenvalue weighted by atomic mass is 10.2. The summed E-state index contributed by atoms with van der Waals surface area (Å²) in [5, 5.41) is 0. The van der Waals surface area contributed by atoms with Gasteiger partial charge in [0.15, 0.2) is 5.82 Å². The van der Waals surface area contributed by atoms with Crippen molar-refractivity contribution >= 4 is 34.0 Å². The van der Waals surface area contributed by atoms with E-state index in [1.54, 1.807) is 0 Å². The number of hydrogen-bond acceptors (Lipinski definition) is 3. The van der Waals surface area contributed by atoms with Crippen LogP contribution in [0.25, 0.3) is 21.7 Å². The highest BCUT2D eigenvalue weighted by molar-refractivity contribution is 7.17. The van der Waals surface area contributed by atoms with Crippen molar-refractivity contribution in [3.8, 4) is 10.7 Å². The first kappa shape index (κ1) is 18.4. The van der Waals surface area contributed by atoms with Crippen molar-refractivity contribution in [2.24, 2.45) is 0 Å². The van der Waals surface area contributed by atoms with Crippen LogP contribution >= 0.6 is 11.3 Å². The Morgan fingerprint density at radius 2 is 1.75 bits per heavy atom. The van der Waals surface area contributed by atoms with E-state index in [0.29, 0.717) is 6.54 Å². The minimum atomic E-state index is 0.0307. The van der Waals surface area contributed by atoms with Crippen molar-refractivity contribution < 1.29 is 4.79 Å². The average Bonchev–Trinajstić information content (AvgIpc) is 3.35. The molecule has 0 N–H and O–H groups in total. The van der Waals surface area contributed by atoms with Crippen molar-refractivity contribution in [2.75, 3.05) is 11.4 Å². The third-order valence-electron chi connectivity index (χ3n) is 4.77.